The second kappa shape index (κ2) is 9.34. The van der Waals surface area contributed by atoms with Gasteiger partial charge in [0.15, 0.2) is 5.43 Å². The summed E-state index contributed by atoms with van der Waals surface area (Å²) in [6, 6.07) is 10.7. The molecule has 0 saturated heterocycles. The Balaban J connectivity index is 1.82. The summed E-state index contributed by atoms with van der Waals surface area (Å²) in [4.78, 5) is 25.6. The van der Waals surface area contributed by atoms with Crippen molar-refractivity contribution in [1.29, 1.82) is 0 Å². The molecule has 0 fully saturated rings. The van der Waals surface area contributed by atoms with Gasteiger partial charge in [-0.3, -0.25) is 4.79 Å². The standard InChI is InChI=1S/C22H23ClO3S/c1-2-3-4-5-6-9-12-26-22(25)17-13-15(23)14-19-20(17)21(24)16-10-7-8-11-18(16)27-19/h7-8,10-11,13-14H,2-6,9,12H2,1H3. The molecule has 1 aromatic heterocycles. The summed E-state index contributed by atoms with van der Waals surface area (Å²) < 4.78 is 7.02. The van der Waals surface area contributed by atoms with Gasteiger partial charge in [0.2, 0.25) is 0 Å². The largest absolute Gasteiger partial charge is 0.462 e. The molecule has 0 atom stereocenters. The van der Waals surface area contributed by atoms with Crippen LogP contribution in [0.3, 0.4) is 0 Å². The minimum absolute atomic E-state index is 0.150. The third kappa shape index (κ3) is 4.69. The van der Waals surface area contributed by atoms with Crippen molar-refractivity contribution in [2.45, 2.75) is 45.4 Å². The summed E-state index contributed by atoms with van der Waals surface area (Å²) in [5.41, 5.74) is 0.109. The molecule has 3 rings (SSSR count). The Morgan fingerprint density at radius 3 is 2.59 bits per heavy atom. The van der Waals surface area contributed by atoms with Crippen molar-refractivity contribution in [2.24, 2.45) is 0 Å². The molecule has 27 heavy (non-hydrogen) atoms. The number of esters is 1. The number of carbonyl (C=O) groups is 1. The molecule has 0 bridgehead atoms. The fraction of sp³-hybridized carbons (Fsp3) is 0.364. The van der Waals surface area contributed by atoms with Crippen LogP contribution in [0.15, 0.2) is 41.2 Å². The van der Waals surface area contributed by atoms with E-state index in [9.17, 15) is 9.59 Å². The molecule has 0 aliphatic rings. The van der Waals surface area contributed by atoms with E-state index in [0.717, 1.165) is 24.0 Å². The average molecular weight is 403 g/mol. The Labute approximate surface area is 167 Å². The number of hydrogen-bond donors (Lipinski definition) is 0. The van der Waals surface area contributed by atoms with Crippen molar-refractivity contribution in [3.8, 4) is 0 Å². The zero-order chi connectivity index (χ0) is 19.2. The Bertz CT molecular complexity index is 1010. The molecule has 142 valence electrons. The van der Waals surface area contributed by atoms with Crippen molar-refractivity contribution in [3.05, 3.63) is 57.2 Å². The summed E-state index contributed by atoms with van der Waals surface area (Å²) in [5.74, 6) is -0.476. The normalized spacial score (nSPS) is 11.2. The lowest BCUT2D eigenvalue weighted by molar-refractivity contribution is 0.0500. The minimum Gasteiger partial charge on any atom is -0.462 e. The number of benzene rings is 2. The number of ether oxygens (including phenoxy) is 1. The van der Waals surface area contributed by atoms with E-state index in [1.165, 1.54) is 36.7 Å². The molecule has 3 aromatic rings. The third-order valence-electron chi connectivity index (χ3n) is 4.60. The number of fused-ring (bicyclic) bond motifs is 2. The third-order valence-corrected chi connectivity index (χ3v) is 5.93. The lowest BCUT2D eigenvalue weighted by atomic mass is 10.1. The molecule has 0 aliphatic heterocycles. The average Bonchev–Trinajstić information content (AvgIpc) is 2.66. The molecular weight excluding hydrogens is 380 g/mol. The second-order valence-corrected chi connectivity index (χ2v) is 8.18. The van der Waals surface area contributed by atoms with Crippen LogP contribution in [0.5, 0.6) is 0 Å². The van der Waals surface area contributed by atoms with Crippen LogP contribution in [0.25, 0.3) is 20.2 Å². The molecule has 0 amide bonds. The van der Waals surface area contributed by atoms with Crippen molar-refractivity contribution >= 4 is 49.1 Å². The van der Waals surface area contributed by atoms with E-state index < -0.39 is 5.97 Å². The highest BCUT2D eigenvalue weighted by atomic mass is 35.5. The van der Waals surface area contributed by atoms with Gasteiger partial charge < -0.3 is 4.74 Å². The van der Waals surface area contributed by atoms with Gasteiger partial charge in [-0.05, 0) is 30.7 Å². The maximum atomic E-state index is 13.0. The van der Waals surface area contributed by atoms with Crippen molar-refractivity contribution in [1.82, 2.24) is 0 Å². The summed E-state index contributed by atoms with van der Waals surface area (Å²) in [5, 5.41) is 1.44. The lowest BCUT2D eigenvalue weighted by Gasteiger charge is -2.09. The number of rotatable bonds is 8. The Morgan fingerprint density at radius 1 is 1.04 bits per heavy atom. The van der Waals surface area contributed by atoms with Crippen LogP contribution in [0.1, 0.15) is 55.8 Å². The monoisotopic (exact) mass is 402 g/mol. The van der Waals surface area contributed by atoms with E-state index in [4.69, 9.17) is 16.3 Å². The van der Waals surface area contributed by atoms with E-state index in [0.29, 0.717) is 27.1 Å². The Hall–Kier alpha value is -1.91. The summed E-state index contributed by atoms with van der Waals surface area (Å²) in [6.45, 7) is 2.55. The van der Waals surface area contributed by atoms with Crippen LogP contribution in [-0.4, -0.2) is 12.6 Å². The zero-order valence-electron chi connectivity index (χ0n) is 15.4. The summed E-state index contributed by atoms with van der Waals surface area (Å²) in [7, 11) is 0. The van der Waals surface area contributed by atoms with E-state index in [1.54, 1.807) is 12.1 Å². The topological polar surface area (TPSA) is 43.4 Å². The quantitative estimate of drug-likeness (QED) is 0.242. The summed E-state index contributed by atoms with van der Waals surface area (Å²) in [6.07, 6.45) is 6.72. The molecule has 2 aromatic carbocycles. The van der Waals surface area contributed by atoms with E-state index in [1.807, 2.05) is 18.2 Å². The molecule has 0 radical (unpaired) electrons. The van der Waals surface area contributed by atoms with Crippen LogP contribution >= 0.6 is 22.9 Å². The first kappa shape index (κ1) is 19.8. The van der Waals surface area contributed by atoms with Gasteiger partial charge in [0.25, 0.3) is 0 Å². The van der Waals surface area contributed by atoms with Gasteiger partial charge in [-0.2, -0.15) is 0 Å². The van der Waals surface area contributed by atoms with E-state index in [2.05, 4.69) is 6.92 Å². The molecular formula is C22H23ClO3S. The van der Waals surface area contributed by atoms with Gasteiger partial charge in [-0.1, -0.05) is 62.8 Å². The van der Waals surface area contributed by atoms with E-state index in [-0.39, 0.29) is 11.0 Å². The number of carbonyl (C=O) groups excluding carboxylic acids is 1. The predicted molar refractivity (Wildman–Crippen MR) is 114 cm³/mol. The number of unbranched alkanes of at least 4 members (excludes halogenated alkanes) is 5. The lowest BCUT2D eigenvalue weighted by Crippen LogP contribution is -2.12. The highest BCUT2D eigenvalue weighted by molar-refractivity contribution is 7.24. The van der Waals surface area contributed by atoms with Gasteiger partial charge in [-0.25, -0.2) is 4.79 Å². The highest BCUT2D eigenvalue weighted by Crippen LogP contribution is 2.30. The Morgan fingerprint density at radius 2 is 1.78 bits per heavy atom. The maximum Gasteiger partial charge on any atom is 0.338 e. The van der Waals surface area contributed by atoms with Crippen LogP contribution in [0.2, 0.25) is 5.02 Å². The smallest absolute Gasteiger partial charge is 0.338 e. The first-order chi connectivity index (χ1) is 13.1. The molecule has 0 unspecified atom stereocenters. The highest BCUT2D eigenvalue weighted by Gasteiger charge is 2.17. The molecule has 0 aliphatic carbocycles. The fourth-order valence-corrected chi connectivity index (χ4v) is 4.61. The van der Waals surface area contributed by atoms with Gasteiger partial charge in [0, 0.05) is 19.8 Å². The number of hydrogen-bond acceptors (Lipinski definition) is 4. The molecule has 1 heterocycles. The van der Waals surface area contributed by atoms with Crippen molar-refractivity contribution < 1.29 is 9.53 Å². The molecule has 0 N–H and O–H groups in total. The molecule has 3 nitrogen and oxygen atoms in total. The molecule has 5 heteroatoms. The predicted octanol–water partition coefficient (Wildman–Crippen LogP) is 6.59. The van der Waals surface area contributed by atoms with Gasteiger partial charge in [0.05, 0.1) is 17.6 Å². The second-order valence-electron chi connectivity index (χ2n) is 6.66. The van der Waals surface area contributed by atoms with Gasteiger partial charge >= 0.3 is 5.97 Å². The summed E-state index contributed by atoms with van der Waals surface area (Å²) >= 11 is 7.66. The number of halogens is 1. The molecule has 0 saturated carbocycles. The first-order valence-electron chi connectivity index (χ1n) is 9.44. The first-order valence-corrected chi connectivity index (χ1v) is 10.6. The fourth-order valence-electron chi connectivity index (χ4n) is 3.18. The van der Waals surface area contributed by atoms with E-state index >= 15 is 0 Å². The minimum atomic E-state index is -0.476. The SMILES string of the molecule is CCCCCCCCOC(=O)c1cc(Cl)cc2sc3ccccc3c(=O)c12. The molecule has 0 spiro atoms. The van der Waals surface area contributed by atoms with Crippen LogP contribution in [0.4, 0.5) is 0 Å². The maximum absolute atomic E-state index is 13.0. The van der Waals surface area contributed by atoms with Crippen molar-refractivity contribution in [3.63, 3.8) is 0 Å². The van der Waals surface area contributed by atoms with Crippen LogP contribution < -0.4 is 5.43 Å². The van der Waals surface area contributed by atoms with Crippen LogP contribution in [-0.2, 0) is 4.74 Å². The van der Waals surface area contributed by atoms with Crippen LogP contribution in [0, 0.1) is 0 Å². The zero-order valence-corrected chi connectivity index (χ0v) is 17.0. The van der Waals surface area contributed by atoms with Gasteiger partial charge in [0.1, 0.15) is 0 Å². The van der Waals surface area contributed by atoms with Crippen molar-refractivity contribution in [2.75, 3.05) is 6.61 Å². The Kier molecular flexibility index (Phi) is 6.86. The van der Waals surface area contributed by atoms with Gasteiger partial charge in [-0.15, -0.1) is 11.3 Å².